The van der Waals surface area contributed by atoms with Crippen LogP contribution < -0.4 is 10.6 Å². The molecule has 1 fully saturated rings. The lowest BCUT2D eigenvalue weighted by Crippen LogP contribution is -2.41. The van der Waals surface area contributed by atoms with Crippen LogP contribution in [0.2, 0.25) is 0 Å². The summed E-state index contributed by atoms with van der Waals surface area (Å²) in [5, 5.41) is 9.46. The minimum Gasteiger partial charge on any atom is -0.389 e. The summed E-state index contributed by atoms with van der Waals surface area (Å²) in [5.41, 5.74) is 7.37. The van der Waals surface area contributed by atoms with Gasteiger partial charge in [-0.05, 0) is 37.5 Å². The molecule has 4 nitrogen and oxygen atoms in total. The molecule has 0 aromatic heterocycles. The van der Waals surface area contributed by atoms with Crippen LogP contribution in [0.1, 0.15) is 31.4 Å². The summed E-state index contributed by atoms with van der Waals surface area (Å²) in [7, 11) is 0. The van der Waals surface area contributed by atoms with Crippen LogP contribution >= 0.6 is 0 Å². The molecule has 0 aliphatic carbocycles. The van der Waals surface area contributed by atoms with Crippen molar-refractivity contribution in [3.63, 3.8) is 0 Å². The first-order chi connectivity index (χ1) is 8.58. The van der Waals surface area contributed by atoms with Gasteiger partial charge < -0.3 is 15.7 Å². The Labute approximate surface area is 107 Å². The first-order valence-corrected chi connectivity index (χ1v) is 6.40. The Hall–Kier alpha value is -1.55. The summed E-state index contributed by atoms with van der Waals surface area (Å²) in [6.07, 6.45) is 1.43. The van der Waals surface area contributed by atoms with Gasteiger partial charge in [-0.2, -0.15) is 0 Å². The largest absolute Gasteiger partial charge is 0.389 e. The number of hydrogen-bond donors (Lipinski definition) is 2. The second-order valence-electron chi connectivity index (χ2n) is 4.96. The minimum absolute atomic E-state index is 0.0461. The fourth-order valence-corrected chi connectivity index (χ4v) is 2.41. The van der Waals surface area contributed by atoms with Gasteiger partial charge in [0.25, 0.3) is 0 Å². The highest BCUT2D eigenvalue weighted by Gasteiger charge is 2.24. The molecule has 1 saturated heterocycles. The van der Waals surface area contributed by atoms with E-state index in [-0.39, 0.29) is 11.8 Å². The van der Waals surface area contributed by atoms with Gasteiger partial charge in [-0.15, -0.1) is 0 Å². The Morgan fingerprint density at radius 3 is 2.67 bits per heavy atom. The number of nitrogens with zero attached hydrogens (tertiary/aromatic N) is 1. The molecule has 18 heavy (non-hydrogen) atoms. The molecule has 1 aromatic carbocycles. The Balaban J connectivity index is 2.09. The molecule has 0 spiro atoms. The number of carbonyl (C=O) groups excluding carboxylic acids is 1. The van der Waals surface area contributed by atoms with E-state index in [9.17, 15) is 9.90 Å². The number of rotatable bonds is 3. The van der Waals surface area contributed by atoms with E-state index in [0.29, 0.717) is 6.54 Å². The third-order valence-corrected chi connectivity index (χ3v) is 3.56. The van der Waals surface area contributed by atoms with Crippen LogP contribution in [0.4, 0.5) is 5.69 Å². The number of primary amides is 1. The third-order valence-electron chi connectivity index (χ3n) is 3.56. The van der Waals surface area contributed by atoms with Crippen molar-refractivity contribution in [3.8, 4) is 0 Å². The quantitative estimate of drug-likeness (QED) is 0.850. The van der Waals surface area contributed by atoms with Crippen LogP contribution in [0, 0.1) is 5.92 Å². The number of amides is 1. The zero-order chi connectivity index (χ0) is 13.1. The van der Waals surface area contributed by atoms with Gasteiger partial charge in [0.05, 0.1) is 12.0 Å². The van der Waals surface area contributed by atoms with E-state index in [1.165, 1.54) is 0 Å². The van der Waals surface area contributed by atoms with Crippen LogP contribution in [-0.4, -0.2) is 24.1 Å². The summed E-state index contributed by atoms with van der Waals surface area (Å²) in [5.74, 6) is -0.254. The van der Waals surface area contributed by atoms with Gasteiger partial charge in [-0.3, -0.25) is 4.79 Å². The molecule has 0 radical (unpaired) electrons. The Morgan fingerprint density at radius 2 is 2.11 bits per heavy atom. The molecule has 1 unspecified atom stereocenters. The molecule has 1 aromatic rings. The number of carbonyl (C=O) groups is 1. The lowest BCUT2D eigenvalue weighted by atomic mass is 9.97. The maximum atomic E-state index is 11.2. The number of aliphatic hydroxyl groups is 1. The lowest BCUT2D eigenvalue weighted by molar-refractivity contribution is -0.122. The molecule has 4 heteroatoms. The Bertz CT molecular complexity index is 414. The lowest BCUT2D eigenvalue weighted by Gasteiger charge is -2.33. The second kappa shape index (κ2) is 5.40. The van der Waals surface area contributed by atoms with E-state index in [4.69, 9.17) is 5.73 Å². The molecule has 1 aliphatic rings. The van der Waals surface area contributed by atoms with Crippen molar-refractivity contribution < 1.29 is 9.90 Å². The molecule has 3 N–H and O–H groups in total. The molecular weight excluding hydrogens is 228 g/mol. The summed E-state index contributed by atoms with van der Waals surface area (Å²) < 4.78 is 0. The first kappa shape index (κ1) is 12.9. The van der Waals surface area contributed by atoms with Crippen LogP contribution in [-0.2, 0) is 4.79 Å². The fraction of sp³-hybridized carbons (Fsp3) is 0.500. The highest BCUT2D eigenvalue weighted by molar-refractivity contribution is 5.77. The highest BCUT2D eigenvalue weighted by Crippen LogP contribution is 2.24. The monoisotopic (exact) mass is 248 g/mol. The molecule has 0 bridgehead atoms. The molecule has 0 saturated carbocycles. The van der Waals surface area contributed by atoms with Gasteiger partial charge in [-0.25, -0.2) is 0 Å². The van der Waals surface area contributed by atoms with E-state index in [1.807, 2.05) is 24.3 Å². The number of nitrogens with two attached hydrogens (primary N) is 1. The molecule has 1 heterocycles. The van der Waals surface area contributed by atoms with Crippen LogP contribution in [0.5, 0.6) is 0 Å². The second-order valence-corrected chi connectivity index (χ2v) is 4.96. The number of anilines is 1. The number of aliphatic hydroxyl groups excluding tert-OH is 1. The van der Waals surface area contributed by atoms with Crippen LogP contribution in [0.3, 0.4) is 0 Å². The zero-order valence-corrected chi connectivity index (χ0v) is 10.7. The van der Waals surface area contributed by atoms with Gasteiger partial charge in [0.15, 0.2) is 0 Å². The zero-order valence-electron chi connectivity index (χ0n) is 10.7. The van der Waals surface area contributed by atoms with E-state index in [2.05, 4.69) is 4.90 Å². The third kappa shape index (κ3) is 2.82. The predicted molar refractivity (Wildman–Crippen MR) is 71.2 cm³/mol. The smallest absolute Gasteiger partial charge is 0.222 e. The van der Waals surface area contributed by atoms with E-state index in [0.717, 1.165) is 30.6 Å². The molecule has 2 rings (SSSR count). The normalized spacial score (nSPS) is 21.7. The number of hydrogen-bond acceptors (Lipinski definition) is 3. The predicted octanol–water partition coefficient (Wildman–Crippen LogP) is 1.44. The summed E-state index contributed by atoms with van der Waals surface area (Å²) in [4.78, 5) is 13.4. The standard InChI is InChI=1S/C14H20N2O2/c1-10(17)11-4-6-13(7-5-11)16-8-2-3-12(9-16)14(15)18/h4-7,10,12,17H,2-3,8-9H2,1H3,(H2,15,18)/t10-,12?/m1/s1. The van der Waals surface area contributed by atoms with E-state index >= 15 is 0 Å². The summed E-state index contributed by atoms with van der Waals surface area (Å²) in [6, 6.07) is 7.83. The maximum Gasteiger partial charge on any atom is 0.222 e. The maximum absolute atomic E-state index is 11.2. The van der Waals surface area contributed by atoms with Gasteiger partial charge >= 0.3 is 0 Å². The average molecular weight is 248 g/mol. The summed E-state index contributed by atoms with van der Waals surface area (Å²) >= 11 is 0. The fourth-order valence-electron chi connectivity index (χ4n) is 2.41. The number of piperidine rings is 1. The van der Waals surface area contributed by atoms with E-state index < -0.39 is 6.10 Å². The average Bonchev–Trinajstić information content (AvgIpc) is 2.39. The van der Waals surface area contributed by atoms with Crippen molar-refractivity contribution in [1.82, 2.24) is 0 Å². The molecule has 2 atom stereocenters. The molecule has 98 valence electrons. The van der Waals surface area contributed by atoms with Crippen molar-refractivity contribution in [2.24, 2.45) is 11.7 Å². The summed E-state index contributed by atoms with van der Waals surface area (Å²) in [6.45, 7) is 3.40. The van der Waals surface area contributed by atoms with Crippen LogP contribution in [0.25, 0.3) is 0 Å². The topological polar surface area (TPSA) is 66.6 Å². The van der Waals surface area contributed by atoms with Crippen molar-refractivity contribution >= 4 is 11.6 Å². The van der Waals surface area contributed by atoms with Crippen molar-refractivity contribution in [3.05, 3.63) is 29.8 Å². The number of benzene rings is 1. The molecular formula is C14H20N2O2. The minimum atomic E-state index is -0.446. The highest BCUT2D eigenvalue weighted by atomic mass is 16.3. The SMILES string of the molecule is C[C@@H](O)c1ccc(N2CCCC(C(N)=O)C2)cc1. The van der Waals surface area contributed by atoms with Crippen molar-refractivity contribution in [2.75, 3.05) is 18.0 Å². The van der Waals surface area contributed by atoms with Crippen molar-refractivity contribution in [1.29, 1.82) is 0 Å². The Morgan fingerprint density at radius 1 is 1.44 bits per heavy atom. The van der Waals surface area contributed by atoms with Gasteiger partial charge in [0.1, 0.15) is 0 Å². The van der Waals surface area contributed by atoms with Gasteiger partial charge in [0, 0.05) is 18.8 Å². The molecule has 1 aliphatic heterocycles. The molecule has 1 amide bonds. The van der Waals surface area contributed by atoms with Gasteiger partial charge in [-0.1, -0.05) is 12.1 Å². The Kier molecular flexibility index (Phi) is 3.87. The van der Waals surface area contributed by atoms with Crippen LogP contribution in [0.15, 0.2) is 24.3 Å². The first-order valence-electron chi connectivity index (χ1n) is 6.40. The van der Waals surface area contributed by atoms with E-state index in [1.54, 1.807) is 6.92 Å². The van der Waals surface area contributed by atoms with Crippen molar-refractivity contribution in [2.45, 2.75) is 25.9 Å². The van der Waals surface area contributed by atoms with Gasteiger partial charge in [0.2, 0.25) is 5.91 Å².